The molecule has 0 aliphatic rings. The SMILES string of the molecule is COc1ccc(N)cc1NC(=O)Cn1cnc(C)cc1=O. The Kier molecular flexibility index (Phi) is 4.22. The molecule has 2 rings (SSSR count). The predicted molar refractivity (Wildman–Crippen MR) is 79.3 cm³/mol. The summed E-state index contributed by atoms with van der Waals surface area (Å²) in [5.74, 6) is 0.124. The summed E-state index contributed by atoms with van der Waals surface area (Å²) in [6, 6.07) is 6.29. The Bertz CT molecular complexity index is 724. The molecule has 0 atom stereocenters. The van der Waals surface area contributed by atoms with Crippen molar-refractivity contribution in [3.8, 4) is 5.75 Å². The molecule has 21 heavy (non-hydrogen) atoms. The Hall–Kier alpha value is -2.83. The van der Waals surface area contributed by atoms with E-state index in [9.17, 15) is 9.59 Å². The van der Waals surface area contributed by atoms with Crippen LogP contribution in [0.4, 0.5) is 11.4 Å². The first-order chi connectivity index (χ1) is 9.99. The third-order valence-electron chi connectivity index (χ3n) is 2.83. The number of amides is 1. The second-order valence-electron chi connectivity index (χ2n) is 4.50. The van der Waals surface area contributed by atoms with Crippen molar-refractivity contribution >= 4 is 17.3 Å². The van der Waals surface area contributed by atoms with E-state index in [0.29, 0.717) is 22.8 Å². The monoisotopic (exact) mass is 288 g/mol. The van der Waals surface area contributed by atoms with E-state index < -0.39 is 0 Å². The van der Waals surface area contributed by atoms with E-state index in [2.05, 4.69) is 10.3 Å². The maximum Gasteiger partial charge on any atom is 0.253 e. The molecule has 0 fully saturated rings. The zero-order chi connectivity index (χ0) is 15.4. The van der Waals surface area contributed by atoms with E-state index >= 15 is 0 Å². The first kappa shape index (κ1) is 14.6. The standard InChI is InChI=1S/C14H16N4O3/c1-9-5-14(20)18(8-16-9)7-13(19)17-11-6-10(15)3-4-12(11)21-2/h3-6,8H,7,15H2,1-2H3,(H,17,19). The smallest absolute Gasteiger partial charge is 0.253 e. The molecule has 2 aromatic rings. The fraction of sp³-hybridized carbons (Fsp3) is 0.214. The van der Waals surface area contributed by atoms with Gasteiger partial charge in [0.05, 0.1) is 19.1 Å². The van der Waals surface area contributed by atoms with Crippen LogP contribution in [0, 0.1) is 6.92 Å². The number of nitrogens with two attached hydrogens (primary N) is 1. The predicted octanol–water partition coefficient (Wildman–Crippen LogP) is 0.781. The van der Waals surface area contributed by atoms with Crippen LogP contribution in [-0.2, 0) is 11.3 Å². The fourth-order valence-corrected chi connectivity index (χ4v) is 1.80. The van der Waals surface area contributed by atoms with Crippen molar-refractivity contribution in [1.82, 2.24) is 9.55 Å². The van der Waals surface area contributed by atoms with Gasteiger partial charge in [0.1, 0.15) is 12.3 Å². The van der Waals surface area contributed by atoms with Crippen LogP contribution in [0.2, 0.25) is 0 Å². The number of hydrogen-bond donors (Lipinski definition) is 2. The first-order valence-electron chi connectivity index (χ1n) is 6.26. The molecule has 0 saturated heterocycles. The lowest BCUT2D eigenvalue weighted by atomic mass is 10.2. The second kappa shape index (κ2) is 6.08. The minimum absolute atomic E-state index is 0.135. The average molecular weight is 288 g/mol. The van der Waals surface area contributed by atoms with Crippen LogP contribution < -0.4 is 21.3 Å². The lowest BCUT2D eigenvalue weighted by Gasteiger charge is -2.11. The van der Waals surface area contributed by atoms with Crippen molar-refractivity contribution in [1.29, 1.82) is 0 Å². The van der Waals surface area contributed by atoms with Crippen LogP contribution in [0.5, 0.6) is 5.75 Å². The van der Waals surface area contributed by atoms with Gasteiger partial charge >= 0.3 is 0 Å². The number of nitrogens with one attached hydrogen (secondary N) is 1. The zero-order valence-electron chi connectivity index (χ0n) is 11.8. The molecule has 3 N–H and O–H groups in total. The first-order valence-corrected chi connectivity index (χ1v) is 6.26. The molecular weight excluding hydrogens is 272 g/mol. The Morgan fingerprint density at radius 3 is 2.86 bits per heavy atom. The summed E-state index contributed by atoms with van der Waals surface area (Å²) in [6.45, 7) is 1.58. The summed E-state index contributed by atoms with van der Waals surface area (Å²) >= 11 is 0. The second-order valence-corrected chi connectivity index (χ2v) is 4.50. The number of aryl methyl sites for hydroxylation is 1. The van der Waals surface area contributed by atoms with Crippen LogP contribution in [0.15, 0.2) is 35.4 Å². The highest BCUT2D eigenvalue weighted by molar-refractivity contribution is 5.92. The van der Waals surface area contributed by atoms with E-state index in [-0.39, 0.29) is 18.0 Å². The van der Waals surface area contributed by atoms with Gasteiger partial charge in [-0.3, -0.25) is 14.2 Å². The van der Waals surface area contributed by atoms with Gasteiger partial charge < -0.3 is 15.8 Å². The minimum atomic E-state index is -0.369. The van der Waals surface area contributed by atoms with Crippen LogP contribution in [-0.4, -0.2) is 22.6 Å². The molecule has 1 amide bonds. The highest BCUT2D eigenvalue weighted by Gasteiger charge is 2.09. The van der Waals surface area contributed by atoms with E-state index in [0.717, 1.165) is 0 Å². The van der Waals surface area contributed by atoms with Crippen LogP contribution in [0.25, 0.3) is 0 Å². The Balaban J connectivity index is 2.15. The number of anilines is 2. The van der Waals surface area contributed by atoms with Crippen molar-refractivity contribution in [2.45, 2.75) is 13.5 Å². The topological polar surface area (TPSA) is 99.2 Å². The maximum absolute atomic E-state index is 12.0. The number of nitrogen functional groups attached to an aromatic ring is 1. The quantitative estimate of drug-likeness (QED) is 0.810. The van der Waals surface area contributed by atoms with Crippen molar-refractivity contribution in [2.75, 3.05) is 18.2 Å². The fourth-order valence-electron chi connectivity index (χ4n) is 1.80. The van der Waals surface area contributed by atoms with Crippen LogP contribution in [0.3, 0.4) is 0 Å². The zero-order valence-corrected chi connectivity index (χ0v) is 11.8. The van der Waals surface area contributed by atoms with Gasteiger partial charge in [0.25, 0.3) is 5.56 Å². The largest absolute Gasteiger partial charge is 0.495 e. The number of nitrogens with zero attached hydrogens (tertiary/aromatic N) is 2. The molecule has 1 aromatic heterocycles. The highest BCUT2D eigenvalue weighted by Crippen LogP contribution is 2.26. The van der Waals surface area contributed by atoms with Crippen molar-refractivity contribution in [3.63, 3.8) is 0 Å². The average Bonchev–Trinajstić information content (AvgIpc) is 2.42. The van der Waals surface area contributed by atoms with Gasteiger partial charge in [-0.15, -0.1) is 0 Å². The van der Waals surface area contributed by atoms with Gasteiger partial charge in [0, 0.05) is 17.4 Å². The third kappa shape index (κ3) is 3.59. The van der Waals surface area contributed by atoms with Gasteiger partial charge in [0.2, 0.25) is 5.91 Å². The third-order valence-corrected chi connectivity index (χ3v) is 2.83. The number of rotatable bonds is 4. The molecule has 7 nitrogen and oxygen atoms in total. The lowest BCUT2D eigenvalue weighted by Crippen LogP contribution is -2.27. The summed E-state index contributed by atoms with van der Waals surface area (Å²) in [6.07, 6.45) is 1.34. The minimum Gasteiger partial charge on any atom is -0.495 e. The molecule has 0 unspecified atom stereocenters. The van der Waals surface area contributed by atoms with Gasteiger partial charge in [-0.2, -0.15) is 0 Å². The molecule has 1 heterocycles. The van der Waals surface area contributed by atoms with E-state index in [1.807, 2.05) is 0 Å². The Morgan fingerprint density at radius 2 is 2.19 bits per heavy atom. The Morgan fingerprint density at radius 1 is 1.43 bits per heavy atom. The molecule has 110 valence electrons. The number of benzene rings is 1. The van der Waals surface area contributed by atoms with Gasteiger partial charge in [0.15, 0.2) is 0 Å². The molecule has 0 aliphatic heterocycles. The summed E-state index contributed by atoms with van der Waals surface area (Å²) in [7, 11) is 1.50. The molecule has 0 aliphatic carbocycles. The summed E-state index contributed by atoms with van der Waals surface area (Å²) < 4.78 is 6.36. The number of aromatic nitrogens is 2. The van der Waals surface area contributed by atoms with E-state index in [1.54, 1.807) is 25.1 Å². The molecule has 0 radical (unpaired) electrons. The van der Waals surface area contributed by atoms with E-state index in [4.69, 9.17) is 10.5 Å². The Labute approximate surface area is 121 Å². The van der Waals surface area contributed by atoms with Crippen molar-refractivity contribution < 1.29 is 9.53 Å². The molecular formula is C14H16N4O3. The lowest BCUT2D eigenvalue weighted by molar-refractivity contribution is -0.116. The highest BCUT2D eigenvalue weighted by atomic mass is 16.5. The number of carbonyl (C=O) groups is 1. The maximum atomic E-state index is 12.0. The number of ether oxygens (including phenoxy) is 1. The van der Waals surface area contributed by atoms with Gasteiger partial charge in [-0.05, 0) is 25.1 Å². The van der Waals surface area contributed by atoms with Crippen LogP contribution in [0.1, 0.15) is 5.69 Å². The van der Waals surface area contributed by atoms with Crippen molar-refractivity contribution in [2.24, 2.45) is 0 Å². The summed E-state index contributed by atoms with van der Waals surface area (Å²) in [5.41, 5.74) is 6.96. The number of hydrogen-bond acceptors (Lipinski definition) is 5. The normalized spacial score (nSPS) is 10.2. The number of carbonyl (C=O) groups excluding carboxylic acids is 1. The van der Waals surface area contributed by atoms with Crippen molar-refractivity contribution in [3.05, 3.63) is 46.6 Å². The summed E-state index contributed by atoms with van der Waals surface area (Å²) in [5, 5.41) is 2.66. The van der Waals surface area contributed by atoms with Gasteiger partial charge in [-0.1, -0.05) is 0 Å². The molecule has 1 aromatic carbocycles. The molecule has 0 bridgehead atoms. The summed E-state index contributed by atoms with van der Waals surface area (Å²) in [4.78, 5) is 27.7. The molecule has 0 saturated carbocycles. The molecule has 0 spiro atoms. The van der Waals surface area contributed by atoms with E-state index in [1.165, 1.54) is 24.1 Å². The molecule has 7 heteroatoms. The van der Waals surface area contributed by atoms with Crippen LogP contribution >= 0.6 is 0 Å². The van der Waals surface area contributed by atoms with Gasteiger partial charge in [-0.25, -0.2) is 4.98 Å². The number of methoxy groups -OCH3 is 1.